The Kier molecular flexibility index (Phi) is 6.05. The molecular formula is C17H25NO3. The summed E-state index contributed by atoms with van der Waals surface area (Å²) in [7, 11) is 0. The lowest BCUT2D eigenvalue weighted by molar-refractivity contribution is -0.139. The van der Waals surface area contributed by atoms with E-state index in [-0.39, 0.29) is 12.5 Å². The Bertz CT molecular complexity index is 444. The molecule has 1 aliphatic heterocycles. The maximum atomic E-state index is 12.2. The van der Waals surface area contributed by atoms with Crippen LogP contribution in [-0.4, -0.2) is 41.7 Å². The van der Waals surface area contributed by atoms with Crippen LogP contribution in [0.3, 0.4) is 0 Å². The number of amides is 1. The van der Waals surface area contributed by atoms with Crippen LogP contribution in [-0.2, 0) is 16.0 Å². The number of benzene rings is 1. The summed E-state index contributed by atoms with van der Waals surface area (Å²) in [5.74, 6) is 0.414. The molecule has 0 aromatic heterocycles. The van der Waals surface area contributed by atoms with Crippen LogP contribution in [0.15, 0.2) is 24.3 Å². The Morgan fingerprint density at radius 2 is 2.10 bits per heavy atom. The summed E-state index contributed by atoms with van der Waals surface area (Å²) in [4.78, 5) is 14.2. The quantitative estimate of drug-likeness (QED) is 0.876. The number of carbonyl (C=O) groups excluding carboxylic acids is 1. The predicted molar refractivity (Wildman–Crippen MR) is 82.3 cm³/mol. The molecule has 116 valence electrons. The Morgan fingerprint density at radius 3 is 2.81 bits per heavy atom. The van der Waals surface area contributed by atoms with Crippen molar-refractivity contribution in [2.75, 3.05) is 19.8 Å². The van der Waals surface area contributed by atoms with Gasteiger partial charge in [0.15, 0.2) is 0 Å². The topological polar surface area (TPSA) is 49.8 Å². The minimum Gasteiger partial charge on any atom is -0.508 e. The van der Waals surface area contributed by atoms with Crippen molar-refractivity contribution >= 4 is 5.91 Å². The Balaban J connectivity index is 1.89. The van der Waals surface area contributed by atoms with E-state index in [0.717, 1.165) is 32.2 Å². The van der Waals surface area contributed by atoms with Gasteiger partial charge in [-0.15, -0.1) is 0 Å². The molecule has 2 rings (SSSR count). The Labute approximate surface area is 126 Å². The number of ether oxygens (including phenoxy) is 1. The molecule has 1 aromatic rings. The van der Waals surface area contributed by atoms with Crippen molar-refractivity contribution in [3.8, 4) is 5.75 Å². The van der Waals surface area contributed by atoms with Crippen LogP contribution >= 0.6 is 0 Å². The van der Waals surface area contributed by atoms with Crippen molar-refractivity contribution in [3.63, 3.8) is 0 Å². The summed E-state index contributed by atoms with van der Waals surface area (Å²) < 4.78 is 5.25. The number of phenolic OH excluding ortho intramolecular Hbond substituents is 1. The zero-order chi connectivity index (χ0) is 15.1. The molecule has 1 amide bonds. The van der Waals surface area contributed by atoms with Gasteiger partial charge in [0.25, 0.3) is 0 Å². The van der Waals surface area contributed by atoms with Crippen molar-refractivity contribution in [1.82, 2.24) is 4.90 Å². The number of nitrogens with zero attached hydrogens (tertiary/aromatic N) is 1. The molecule has 1 fully saturated rings. The fourth-order valence-electron chi connectivity index (χ4n) is 2.90. The van der Waals surface area contributed by atoms with Crippen LogP contribution < -0.4 is 0 Å². The first-order chi connectivity index (χ1) is 10.2. The zero-order valence-electron chi connectivity index (χ0n) is 12.8. The number of phenols is 1. The fraction of sp³-hybridized carbons (Fsp3) is 0.588. The lowest BCUT2D eigenvalue weighted by atomic mass is 9.95. The minimum absolute atomic E-state index is 0.118. The van der Waals surface area contributed by atoms with Gasteiger partial charge in [-0.1, -0.05) is 12.1 Å². The molecule has 0 bridgehead atoms. The first-order valence-electron chi connectivity index (χ1n) is 7.86. The van der Waals surface area contributed by atoms with Crippen molar-refractivity contribution in [2.45, 2.75) is 45.1 Å². The summed E-state index contributed by atoms with van der Waals surface area (Å²) in [5.41, 5.74) is 1.20. The van der Waals surface area contributed by atoms with Crippen LogP contribution in [0.25, 0.3) is 0 Å². The predicted octanol–water partition coefficient (Wildman–Crippen LogP) is 2.74. The molecule has 1 N–H and O–H groups in total. The number of carbonyl (C=O) groups is 1. The van der Waals surface area contributed by atoms with Gasteiger partial charge in [-0.3, -0.25) is 4.79 Å². The monoisotopic (exact) mass is 291 g/mol. The number of hydrogen-bond acceptors (Lipinski definition) is 3. The summed E-state index contributed by atoms with van der Waals surface area (Å²) in [6.45, 7) is 3.54. The molecule has 21 heavy (non-hydrogen) atoms. The van der Waals surface area contributed by atoms with Gasteiger partial charge in [-0.25, -0.2) is 0 Å². The molecule has 4 nitrogen and oxygen atoms in total. The molecule has 0 radical (unpaired) electrons. The molecule has 1 aromatic carbocycles. The van der Waals surface area contributed by atoms with E-state index in [2.05, 4.69) is 0 Å². The highest BCUT2D eigenvalue weighted by molar-refractivity contribution is 5.77. The highest BCUT2D eigenvalue weighted by atomic mass is 16.5. The summed E-state index contributed by atoms with van der Waals surface area (Å²) in [5, 5.41) is 9.30. The molecule has 1 aliphatic rings. The van der Waals surface area contributed by atoms with E-state index in [4.69, 9.17) is 4.74 Å². The largest absolute Gasteiger partial charge is 0.508 e. The highest BCUT2D eigenvalue weighted by Crippen LogP contribution is 2.22. The van der Waals surface area contributed by atoms with E-state index in [1.54, 1.807) is 12.1 Å². The molecule has 0 saturated carbocycles. The van der Waals surface area contributed by atoms with Crippen LogP contribution in [0.1, 0.15) is 38.2 Å². The summed E-state index contributed by atoms with van der Waals surface area (Å²) in [6.07, 6.45) is 5.27. The third-order valence-electron chi connectivity index (χ3n) is 4.08. The smallest absolute Gasteiger partial charge is 0.248 e. The van der Waals surface area contributed by atoms with E-state index >= 15 is 0 Å². The lowest BCUT2D eigenvalue weighted by Crippen LogP contribution is -2.45. The number of aromatic hydroxyl groups is 1. The van der Waals surface area contributed by atoms with Gasteiger partial charge in [0.2, 0.25) is 5.91 Å². The second-order valence-corrected chi connectivity index (χ2v) is 5.58. The van der Waals surface area contributed by atoms with Gasteiger partial charge in [-0.05, 0) is 56.7 Å². The molecule has 1 saturated heterocycles. The van der Waals surface area contributed by atoms with Gasteiger partial charge in [0, 0.05) is 19.2 Å². The van der Waals surface area contributed by atoms with Gasteiger partial charge >= 0.3 is 0 Å². The summed E-state index contributed by atoms with van der Waals surface area (Å²) in [6, 6.07) is 7.65. The van der Waals surface area contributed by atoms with E-state index in [9.17, 15) is 9.90 Å². The third kappa shape index (κ3) is 4.74. The minimum atomic E-state index is 0.118. The van der Waals surface area contributed by atoms with Crippen molar-refractivity contribution < 1.29 is 14.6 Å². The van der Waals surface area contributed by atoms with E-state index in [1.165, 1.54) is 12.0 Å². The highest BCUT2D eigenvalue weighted by Gasteiger charge is 2.26. The number of likely N-dealkylation sites (tertiary alicyclic amines) is 1. The molecule has 0 spiro atoms. The van der Waals surface area contributed by atoms with Gasteiger partial charge < -0.3 is 14.7 Å². The number of rotatable bonds is 6. The molecule has 0 unspecified atom stereocenters. The lowest BCUT2D eigenvalue weighted by Gasteiger charge is -2.36. The number of piperidine rings is 1. The maximum absolute atomic E-state index is 12.2. The normalized spacial score (nSPS) is 18.7. The van der Waals surface area contributed by atoms with Crippen LogP contribution in [0, 0.1) is 0 Å². The van der Waals surface area contributed by atoms with Crippen LogP contribution in [0.2, 0.25) is 0 Å². The van der Waals surface area contributed by atoms with Gasteiger partial charge in [0.05, 0.1) is 0 Å². The second-order valence-electron chi connectivity index (χ2n) is 5.58. The molecule has 0 aliphatic carbocycles. The van der Waals surface area contributed by atoms with Crippen molar-refractivity contribution in [1.29, 1.82) is 0 Å². The van der Waals surface area contributed by atoms with Gasteiger partial charge in [0.1, 0.15) is 12.4 Å². The SMILES string of the molecule is CCOCC(=O)N1CCCC[C@@H]1CCc1ccc(O)cc1. The maximum Gasteiger partial charge on any atom is 0.248 e. The Hall–Kier alpha value is -1.55. The van der Waals surface area contributed by atoms with E-state index < -0.39 is 0 Å². The van der Waals surface area contributed by atoms with Crippen LogP contribution in [0.5, 0.6) is 5.75 Å². The fourth-order valence-corrected chi connectivity index (χ4v) is 2.90. The van der Waals surface area contributed by atoms with Crippen molar-refractivity contribution in [3.05, 3.63) is 29.8 Å². The third-order valence-corrected chi connectivity index (χ3v) is 4.08. The Morgan fingerprint density at radius 1 is 1.33 bits per heavy atom. The van der Waals surface area contributed by atoms with Crippen molar-refractivity contribution in [2.24, 2.45) is 0 Å². The van der Waals surface area contributed by atoms with Crippen LogP contribution in [0.4, 0.5) is 0 Å². The van der Waals surface area contributed by atoms with E-state index in [0.29, 0.717) is 18.4 Å². The molecule has 1 atom stereocenters. The van der Waals surface area contributed by atoms with E-state index in [1.807, 2.05) is 24.0 Å². The molecular weight excluding hydrogens is 266 g/mol. The summed E-state index contributed by atoms with van der Waals surface area (Å²) >= 11 is 0. The number of aryl methyl sites for hydroxylation is 1. The average Bonchev–Trinajstić information content (AvgIpc) is 2.52. The standard InChI is InChI=1S/C17H25NO3/c1-2-21-13-17(20)18-12-4-3-5-15(18)9-6-14-7-10-16(19)11-8-14/h7-8,10-11,15,19H,2-6,9,12-13H2,1H3/t15-/m1/s1. The number of hydrogen-bond donors (Lipinski definition) is 1. The molecule has 4 heteroatoms. The zero-order valence-corrected chi connectivity index (χ0v) is 12.8. The second kappa shape index (κ2) is 8.03. The first-order valence-corrected chi connectivity index (χ1v) is 7.86. The average molecular weight is 291 g/mol. The van der Waals surface area contributed by atoms with Gasteiger partial charge in [-0.2, -0.15) is 0 Å². The first kappa shape index (κ1) is 15.8. The molecule has 1 heterocycles.